The number of hydrogen-bond acceptors (Lipinski definition) is 2. The van der Waals surface area contributed by atoms with Crippen molar-refractivity contribution in [3.8, 4) is 0 Å². The average Bonchev–Trinajstić information content (AvgIpc) is 2.03. The molecule has 1 heterocycles. The smallest absolute Gasteiger partial charge is 0.182 e. The molecule has 3 nitrogen and oxygen atoms in total. The minimum Gasteiger partial charge on any atom is -0.360 e. The van der Waals surface area contributed by atoms with Gasteiger partial charge in [0.1, 0.15) is 0 Å². The van der Waals surface area contributed by atoms with Gasteiger partial charge in [-0.2, -0.15) is 0 Å². The number of aromatic nitrogens is 1. The van der Waals surface area contributed by atoms with Crippen molar-refractivity contribution >= 4 is 5.71 Å². The average molecular weight is 178 g/mol. The van der Waals surface area contributed by atoms with Crippen LogP contribution in [-0.2, 0) is 0 Å². The van der Waals surface area contributed by atoms with Gasteiger partial charge in [0.2, 0.25) is 0 Å². The lowest BCUT2D eigenvalue weighted by molar-refractivity contribution is 0.834. The van der Waals surface area contributed by atoms with Crippen LogP contribution in [0.15, 0.2) is 28.1 Å². The minimum atomic E-state index is 0.00653. The summed E-state index contributed by atoms with van der Waals surface area (Å²) in [5.74, 6) is 0. The van der Waals surface area contributed by atoms with Gasteiger partial charge in [0.25, 0.3) is 0 Å². The summed E-state index contributed by atoms with van der Waals surface area (Å²) in [6, 6.07) is 3.30. The first-order valence-corrected chi connectivity index (χ1v) is 4.33. The Morgan fingerprint density at radius 3 is 2.77 bits per heavy atom. The van der Waals surface area contributed by atoms with Gasteiger partial charge >= 0.3 is 0 Å². The molecule has 0 fully saturated rings. The summed E-state index contributed by atoms with van der Waals surface area (Å²) < 4.78 is 0. The first kappa shape index (κ1) is 9.71. The fourth-order valence-corrected chi connectivity index (χ4v) is 1.11. The second-order valence-corrected chi connectivity index (χ2v) is 3.25. The summed E-state index contributed by atoms with van der Waals surface area (Å²) in [6.07, 6.45) is 1.64. The maximum absolute atomic E-state index is 11.0. The van der Waals surface area contributed by atoms with Crippen LogP contribution in [0.1, 0.15) is 26.5 Å². The molecule has 70 valence electrons. The van der Waals surface area contributed by atoms with Gasteiger partial charge in [0, 0.05) is 24.4 Å². The van der Waals surface area contributed by atoms with Gasteiger partial charge in [0.05, 0.1) is 11.4 Å². The van der Waals surface area contributed by atoms with Gasteiger partial charge in [-0.1, -0.05) is 0 Å². The van der Waals surface area contributed by atoms with E-state index in [-0.39, 0.29) is 11.5 Å². The number of rotatable bonds is 2. The molecule has 0 aliphatic heterocycles. The first-order chi connectivity index (χ1) is 6.09. The fourth-order valence-electron chi connectivity index (χ4n) is 1.11. The Hall–Kier alpha value is -1.38. The summed E-state index contributed by atoms with van der Waals surface area (Å²) in [4.78, 5) is 18.3. The zero-order valence-corrected chi connectivity index (χ0v) is 8.16. The van der Waals surface area contributed by atoms with Crippen LogP contribution in [0.2, 0.25) is 0 Å². The third-order valence-electron chi connectivity index (χ3n) is 1.61. The Balaban J connectivity index is 3.02. The van der Waals surface area contributed by atoms with Gasteiger partial charge in [-0.3, -0.25) is 9.79 Å². The molecule has 0 spiro atoms. The van der Waals surface area contributed by atoms with E-state index < -0.39 is 0 Å². The van der Waals surface area contributed by atoms with Crippen LogP contribution in [0.4, 0.5) is 0 Å². The highest BCUT2D eigenvalue weighted by atomic mass is 16.1. The van der Waals surface area contributed by atoms with E-state index in [4.69, 9.17) is 0 Å². The number of H-pyrrole nitrogens is 1. The predicted molar refractivity (Wildman–Crippen MR) is 54.4 cm³/mol. The first-order valence-electron chi connectivity index (χ1n) is 4.33. The molecule has 0 aliphatic carbocycles. The van der Waals surface area contributed by atoms with E-state index in [0.29, 0.717) is 0 Å². The van der Waals surface area contributed by atoms with Crippen molar-refractivity contribution in [2.24, 2.45) is 4.99 Å². The molecular formula is C10H14N2O. The van der Waals surface area contributed by atoms with Crippen LogP contribution in [0.25, 0.3) is 0 Å². The second kappa shape index (κ2) is 4.03. The molecule has 0 bridgehead atoms. The Labute approximate surface area is 77.5 Å². The molecule has 0 aromatic carbocycles. The Bertz CT molecular complexity index is 363. The zero-order chi connectivity index (χ0) is 9.84. The number of hydrogen-bond donors (Lipinski definition) is 1. The summed E-state index contributed by atoms with van der Waals surface area (Å²) in [5, 5.41) is 0. The number of nitrogens with zero attached hydrogens (tertiary/aromatic N) is 1. The van der Waals surface area contributed by atoms with Gasteiger partial charge in [-0.25, -0.2) is 0 Å². The Morgan fingerprint density at radius 2 is 2.23 bits per heavy atom. The third-order valence-corrected chi connectivity index (χ3v) is 1.61. The number of pyridine rings is 1. The lowest BCUT2D eigenvalue weighted by atomic mass is 10.2. The van der Waals surface area contributed by atoms with Crippen LogP contribution in [0.5, 0.6) is 0 Å². The topological polar surface area (TPSA) is 45.2 Å². The third kappa shape index (κ3) is 2.86. The van der Waals surface area contributed by atoms with E-state index in [1.165, 1.54) is 6.07 Å². The molecule has 0 radical (unpaired) electrons. The molecule has 0 saturated carbocycles. The lowest BCUT2D eigenvalue weighted by Gasteiger charge is -2.02. The number of aromatic amines is 1. The molecular weight excluding hydrogens is 164 g/mol. The van der Waals surface area contributed by atoms with E-state index in [1.807, 2.05) is 20.8 Å². The van der Waals surface area contributed by atoms with Crippen LogP contribution in [-0.4, -0.2) is 16.7 Å². The quantitative estimate of drug-likeness (QED) is 0.687. The van der Waals surface area contributed by atoms with Crippen molar-refractivity contribution in [2.75, 3.05) is 0 Å². The molecule has 1 aromatic rings. The lowest BCUT2D eigenvalue weighted by Crippen LogP contribution is -2.07. The van der Waals surface area contributed by atoms with E-state index in [2.05, 4.69) is 9.98 Å². The zero-order valence-electron chi connectivity index (χ0n) is 8.16. The van der Waals surface area contributed by atoms with Gasteiger partial charge < -0.3 is 4.98 Å². The molecule has 0 saturated heterocycles. The van der Waals surface area contributed by atoms with Crippen molar-refractivity contribution in [3.63, 3.8) is 0 Å². The standard InChI is InChI=1S/C10H14N2O/c1-7(2)12-8(3)10-6-9(13)4-5-11-10/h4-7H,1-3H3,(H,11,13). The maximum Gasteiger partial charge on any atom is 0.182 e. The fraction of sp³-hybridized carbons (Fsp3) is 0.400. The van der Waals surface area contributed by atoms with Gasteiger partial charge in [0.15, 0.2) is 5.43 Å². The summed E-state index contributed by atoms with van der Waals surface area (Å²) in [6.45, 7) is 5.90. The van der Waals surface area contributed by atoms with Crippen LogP contribution >= 0.6 is 0 Å². The minimum absolute atomic E-state index is 0.00653. The molecule has 0 atom stereocenters. The number of nitrogens with one attached hydrogen (secondary N) is 1. The largest absolute Gasteiger partial charge is 0.360 e. The van der Waals surface area contributed by atoms with Crippen LogP contribution < -0.4 is 5.43 Å². The van der Waals surface area contributed by atoms with E-state index in [9.17, 15) is 4.79 Å². The molecule has 13 heavy (non-hydrogen) atoms. The highest BCUT2D eigenvalue weighted by molar-refractivity contribution is 5.96. The van der Waals surface area contributed by atoms with Crippen molar-refractivity contribution in [2.45, 2.75) is 26.8 Å². The monoisotopic (exact) mass is 178 g/mol. The molecule has 1 aromatic heterocycles. The molecule has 0 aliphatic rings. The van der Waals surface area contributed by atoms with E-state index >= 15 is 0 Å². The van der Waals surface area contributed by atoms with Crippen molar-refractivity contribution < 1.29 is 0 Å². The van der Waals surface area contributed by atoms with Crippen LogP contribution in [0.3, 0.4) is 0 Å². The molecule has 1 N–H and O–H groups in total. The predicted octanol–water partition coefficient (Wildman–Crippen LogP) is 1.59. The Morgan fingerprint density at radius 1 is 1.54 bits per heavy atom. The molecule has 0 unspecified atom stereocenters. The van der Waals surface area contributed by atoms with Gasteiger partial charge in [-0.15, -0.1) is 0 Å². The number of aliphatic imine (C=N–C) groups is 1. The Kier molecular flexibility index (Phi) is 3.01. The second-order valence-electron chi connectivity index (χ2n) is 3.25. The maximum atomic E-state index is 11.0. The summed E-state index contributed by atoms with van der Waals surface area (Å²) in [5.41, 5.74) is 1.67. The highest BCUT2D eigenvalue weighted by Gasteiger charge is 1.98. The van der Waals surface area contributed by atoms with Crippen molar-refractivity contribution in [3.05, 3.63) is 34.2 Å². The highest BCUT2D eigenvalue weighted by Crippen LogP contribution is 1.96. The molecule has 3 heteroatoms. The normalized spacial score (nSPS) is 12.2. The SMILES string of the molecule is CC(=NC(C)C)c1cc(=O)cc[nH]1. The molecule has 0 amide bonds. The summed E-state index contributed by atoms with van der Waals surface area (Å²) in [7, 11) is 0. The van der Waals surface area contributed by atoms with Crippen molar-refractivity contribution in [1.29, 1.82) is 0 Å². The van der Waals surface area contributed by atoms with Crippen LogP contribution in [0, 0.1) is 0 Å². The molecule has 1 rings (SSSR count). The van der Waals surface area contributed by atoms with E-state index in [0.717, 1.165) is 11.4 Å². The van der Waals surface area contributed by atoms with E-state index in [1.54, 1.807) is 12.3 Å². The summed E-state index contributed by atoms with van der Waals surface area (Å²) >= 11 is 0. The van der Waals surface area contributed by atoms with Crippen molar-refractivity contribution in [1.82, 2.24) is 4.98 Å². The van der Waals surface area contributed by atoms with Gasteiger partial charge in [-0.05, 0) is 20.8 Å².